The van der Waals surface area contributed by atoms with Crippen LogP contribution in [0.1, 0.15) is 53.9 Å². The highest BCUT2D eigenvalue weighted by atomic mass is 15.2. The summed E-state index contributed by atoms with van der Waals surface area (Å²) in [5, 5.41) is 3.61. The van der Waals surface area contributed by atoms with E-state index in [4.69, 9.17) is 0 Å². The molecule has 0 aliphatic carbocycles. The van der Waals surface area contributed by atoms with Crippen molar-refractivity contribution < 1.29 is 0 Å². The molecule has 2 nitrogen and oxygen atoms in total. The van der Waals surface area contributed by atoms with E-state index in [0.29, 0.717) is 12.1 Å². The van der Waals surface area contributed by atoms with E-state index < -0.39 is 0 Å². The Hall–Kier alpha value is -0.0800. The second-order valence-corrected chi connectivity index (χ2v) is 5.73. The highest BCUT2D eigenvalue weighted by Crippen LogP contribution is 2.19. The van der Waals surface area contributed by atoms with Gasteiger partial charge in [0.25, 0.3) is 0 Å². The van der Waals surface area contributed by atoms with E-state index in [-0.39, 0.29) is 0 Å². The van der Waals surface area contributed by atoms with Gasteiger partial charge in [0.15, 0.2) is 0 Å². The number of hydrogen-bond acceptors (Lipinski definition) is 2. The molecule has 1 aliphatic rings. The summed E-state index contributed by atoms with van der Waals surface area (Å²) in [6.07, 6.45) is 3.98. The van der Waals surface area contributed by atoms with E-state index >= 15 is 0 Å². The van der Waals surface area contributed by atoms with Crippen LogP contribution in [0.3, 0.4) is 0 Å². The van der Waals surface area contributed by atoms with Crippen LogP contribution >= 0.6 is 0 Å². The number of piperazine rings is 1. The van der Waals surface area contributed by atoms with E-state index in [1.807, 2.05) is 0 Å². The third-order valence-corrected chi connectivity index (χ3v) is 3.94. The maximum atomic E-state index is 3.61. The highest BCUT2D eigenvalue weighted by Gasteiger charge is 2.26. The van der Waals surface area contributed by atoms with E-state index in [1.54, 1.807) is 0 Å². The van der Waals surface area contributed by atoms with Gasteiger partial charge in [-0.2, -0.15) is 0 Å². The normalized spacial score (nSPS) is 31.3. The van der Waals surface area contributed by atoms with Gasteiger partial charge in [0, 0.05) is 31.2 Å². The van der Waals surface area contributed by atoms with Crippen LogP contribution in [-0.4, -0.2) is 36.1 Å². The average Bonchev–Trinajstić information content (AvgIpc) is 2.24. The molecule has 0 aromatic carbocycles. The molecule has 0 aromatic rings. The monoisotopic (exact) mass is 226 g/mol. The van der Waals surface area contributed by atoms with Crippen molar-refractivity contribution in [1.29, 1.82) is 0 Å². The Balaban J connectivity index is 2.50. The van der Waals surface area contributed by atoms with Crippen molar-refractivity contribution in [1.82, 2.24) is 10.2 Å². The maximum Gasteiger partial charge on any atom is 0.0169 e. The summed E-state index contributed by atoms with van der Waals surface area (Å²) >= 11 is 0. The van der Waals surface area contributed by atoms with Crippen molar-refractivity contribution in [2.24, 2.45) is 5.92 Å². The van der Waals surface area contributed by atoms with Crippen LogP contribution in [0.15, 0.2) is 0 Å². The highest BCUT2D eigenvalue weighted by molar-refractivity contribution is 4.85. The first-order chi connectivity index (χ1) is 7.56. The molecule has 0 aromatic heterocycles. The molecule has 0 saturated carbocycles. The minimum absolute atomic E-state index is 0.648. The van der Waals surface area contributed by atoms with Crippen molar-refractivity contribution in [3.8, 4) is 0 Å². The van der Waals surface area contributed by atoms with E-state index in [0.717, 1.165) is 12.0 Å². The summed E-state index contributed by atoms with van der Waals surface area (Å²) in [5.74, 6) is 0.866. The lowest BCUT2D eigenvalue weighted by molar-refractivity contribution is 0.104. The largest absolute Gasteiger partial charge is 0.309 e. The van der Waals surface area contributed by atoms with Crippen LogP contribution in [0, 0.1) is 5.92 Å². The number of rotatable bonds is 5. The third-order valence-electron chi connectivity index (χ3n) is 3.94. The molecule has 1 fully saturated rings. The zero-order chi connectivity index (χ0) is 12.1. The summed E-state index contributed by atoms with van der Waals surface area (Å²) in [6.45, 7) is 14.1. The quantitative estimate of drug-likeness (QED) is 0.775. The molecule has 4 atom stereocenters. The summed E-state index contributed by atoms with van der Waals surface area (Å²) in [4.78, 5) is 2.71. The fraction of sp³-hybridized carbons (Fsp3) is 1.00. The Kier molecular flexibility index (Phi) is 5.77. The first-order valence-electron chi connectivity index (χ1n) is 7.06. The van der Waals surface area contributed by atoms with Crippen LogP contribution < -0.4 is 5.32 Å². The number of nitrogens with zero attached hydrogens (tertiary/aromatic N) is 1. The lowest BCUT2D eigenvalue weighted by atomic mass is 9.95. The minimum Gasteiger partial charge on any atom is -0.309 e. The van der Waals surface area contributed by atoms with Crippen molar-refractivity contribution in [3.63, 3.8) is 0 Å². The number of nitrogens with one attached hydrogen (secondary N) is 1. The van der Waals surface area contributed by atoms with Gasteiger partial charge in [-0.3, -0.25) is 4.90 Å². The van der Waals surface area contributed by atoms with Crippen molar-refractivity contribution in [2.45, 2.75) is 72.0 Å². The lowest BCUT2D eigenvalue weighted by Crippen LogP contribution is -2.57. The third kappa shape index (κ3) is 4.06. The Bertz CT molecular complexity index is 183. The molecule has 0 amide bonds. The smallest absolute Gasteiger partial charge is 0.0169 e. The fourth-order valence-electron chi connectivity index (χ4n) is 2.87. The van der Waals surface area contributed by atoms with Crippen molar-refractivity contribution in [3.05, 3.63) is 0 Å². The molecule has 1 saturated heterocycles. The van der Waals surface area contributed by atoms with Gasteiger partial charge in [-0.05, 0) is 32.6 Å². The molecular formula is C14H30N2. The lowest BCUT2D eigenvalue weighted by Gasteiger charge is -2.41. The molecule has 0 spiro atoms. The zero-order valence-corrected chi connectivity index (χ0v) is 11.8. The van der Waals surface area contributed by atoms with Gasteiger partial charge in [-0.1, -0.05) is 27.2 Å². The minimum atomic E-state index is 0.648. The maximum absolute atomic E-state index is 3.61. The molecule has 96 valence electrons. The van der Waals surface area contributed by atoms with Crippen LogP contribution in [0.5, 0.6) is 0 Å². The van der Waals surface area contributed by atoms with Crippen LogP contribution in [-0.2, 0) is 0 Å². The summed E-state index contributed by atoms with van der Waals surface area (Å²) in [5.41, 5.74) is 0. The van der Waals surface area contributed by atoms with E-state index in [9.17, 15) is 0 Å². The van der Waals surface area contributed by atoms with Crippen molar-refractivity contribution >= 4 is 0 Å². The van der Waals surface area contributed by atoms with Gasteiger partial charge >= 0.3 is 0 Å². The molecule has 1 rings (SSSR count). The molecule has 1 heterocycles. The topological polar surface area (TPSA) is 15.3 Å². The molecule has 16 heavy (non-hydrogen) atoms. The Morgan fingerprint density at radius 1 is 1.12 bits per heavy atom. The van der Waals surface area contributed by atoms with E-state index in [2.05, 4.69) is 44.8 Å². The van der Waals surface area contributed by atoms with Gasteiger partial charge in [0.2, 0.25) is 0 Å². The molecule has 1 aliphatic heterocycles. The van der Waals surface area contributed by atoms with Crippen LogP contribution in [0.4, 0.5) is 0 Å². The molecule has 0 bridgehead atoms. The summed E-state index contributed by atoms with van der Waals surface area (Å²) in [6, 6.07) is 2.09. The average molecular weight is 226 g/mol. The van der Waals surface area contributed by atoms with Gasteiger partial charge in [0.1, 0.15) is 0 Å². The predicted molar refractivity (Wildman–Crippen MR) is 71.8 cm³/mol. The first kappa shape index (κ1) is 14.0. The Morgan fingerprint density at radius 2 is 1.69 bits per heavy atom. The van der Waals surface area contributed by atoms with Gasteiger partial charge in [-0.15, -0.1) is 0 Å². The predicted octanol–water partition coefficient (Wildman–Crippen LogP) is 2.88. The second-order valence-electron chi connectivity index (χ2n) is 5.73. The second kappa shape index (κ2) is 6.61. The molecule has 0 radical (unpaired) electrons. The first-order valence-corrected chi connectivity index (χ1v) is 7.06. The van der Waals surface area contributed by atoms with Gasteiger partial charge in [-0.25, -0.2) is 0 Å². The van der Waals surface area contributed by atoms with E-state index in [1.165, 1.54) is 32.4 Å². The summed E-state index contributed by atoms with van der Waals surface area (Å²) in [7, 11) is 0. The number of hydrogen-bond donors (Lipinski definition) is 1. The van der Waals surface area contributed by atoms with Gasteiger partial charge < -0.3 is 5.32 Å². The van der Waals surface area contributed by atoms with Crippen molar-refractivity contribution in [2.75, 3.05) is 13.1 Å². The zero-order valence-electron chi connectivity index (χ0n) is 11.8. The Morgan fingerprint density at radius 3 is 2.12 bits per heavy atom. The van der Waals surface area contributed by atoms with Crippen LogP contribution in [0.2, 0.25) is 0 Å². The Labute approximate surface area is 102 Å². The molecule has 1 N–H and O–H groups in total. The van der Waals surface area contributed by atoms with Gasteiger partial charge in [0.05, 0.1) is 0 Å². The molecule has 4 unspecified atom stereocenters. The molecular weight excluding hydrogens is 196 g/mol. The standard InChI is InChI=1S/C14H30N2/c1-6-11(3)8-14(7-2)16-9-12(4)15-13(5)10-16/h11-15H,6-10H2,1-5H3. The summed E-state index contributed by atoms with van der Waals surface area (Å²) < 4.78 is 0. The SMILES string of the molecule is CCC(C)CC(CC)N1CC(C)NC(C)C1. The van der Waals surface area contributed by atoms with Crippen LogP contribution in [0.25, 0.3) is 0 Å². The fourth-order valence-corrected chi connectivity index (χ4v) is 2.87. The molecule has 2 heteroatoms.